The minimum atomic E-state index is -3.34. The van der Waals surface area contributed by atoms with Crippen molar-refractivity contribution < 1.29 is 13.2 Å². The van der Waals surface area contributed by atoms with Gasteiger partial charge in [0.2, 0.25) is 5.91 Å². The number of sulfone groups is 1. The molecule has 1 aliphatic heterocycles. The molecule has 0 spiro atoms. The van der Waals surface area contributed by atoms with Gasteiger partial charge < -0.3 is 5.32 Å². The van der Waals surface area contributed by atoms with E-state index in [-0.39, 0.29) is 6.04 Å². The number of carbonyl (C=O) groups is 1. The Balaban J connectivity index is 1.92. The first-order valence-electron chi connectivity index (χ1n) is 8.12. The predicted molar refractivity (Wildman–Crippen MR) is 91.8 cm³/mol. The Morgan fingerprint density at radius 3 is 2.65 bits per heavy atom. The molecule has 1 aromatic carbocycles. The highest BCUT2D eigenvalue weighted by atomic mass is 32.2. The maximum absolute atomic E-state index is 12.0. The zero-order chi connectivity index (χ0) is 16.9. The number of rotatable bonds is 6. The van der Waals surface area contributed by atoms with Gasteiger partial charge in [-0.2, -0.15) is 0 Å². The fourth-order valence-electron chi connectivity index (χ4n) is 2.87. The van der Waals surface area contributed by atoms with Gasteiger partial charge in [-0.3, -0.25) is 9.69 Å². The Morgan fingerprint density at radius 1 is 1.30 bits per heavy atom. The van der Waals surface area contributed by atoms with Crippen LogP contribution in [0.2, 0.25) is 0 Å². The maximum atomic E-state index is 12.0. The van der Waals surface area contributed by atoms with Crippen molar-refractivity contribution in [1.29, 1.82) is 0 Å². The van der Waals surface area contributed by atoms with Crippen LogP contribution in [-0.2, 0) is 21.2 Å². The van der Waals surface area contributed by atoms with Crippen LogP contribution in [0.1, 0.15) is 31.7 Å². The number of carbonyl (C=O) groups excluding carboxylic acids is 1. The zero-order valence-corrected chi connectivity index (χ0v) is 14.7. The summed E-state index contributed by atoms with van der Waals surface area (Å²) in [4.78, 5) is 14.4. The van der Waals surface area contributed by atoms with E-state index < -0.39 is 21.0 Å². The van der Waals surface area contributed by atoms with Gasteiger partial charge in [0.25, 0.3) is 0 Å². The lowest BCUT2D eigenvalue weighted by Crippen LogP contribution is -2.48. The summed E-state index contributed by atoms with van der Waals surface area (Å²) in [5, 5.41) is 1.82. The van der Waals surface area contributed by atoms with E-state index in [1.807, 2.05) is 18.2 Å². The van der Waals surface area contributed by atoms with E-state index in [0.29, 0.717) is 6.54 Å². The van der Waals surface area contributed by atoms with E-state index in [2.05, 4.69) is 22.3 Å². The molecule has 6 heteroatoms. The highest BCUT2D eigenvalue weighted by Gasteiger charge is 2.26. The lowest BCUT2D eigenvalue weighted by atomic mass is 10.0. The average Bonchev–Trinajstić information content (AvgIpc) is 2.53. The summed E-state index contributed by atoms with van der Waals surface area (Å²) in [6.45, 7) is 3.82. The third-order valence-electron chi connectivity index (χ3n) is 4.50. The zero-order valence-electron chi connectivity index (χ0n) is 13.9. The number of benzene rings is 1. The van der Waals surface area contributed by atoms with Crippen LogP contribution in [0.25, 0.3) is 0 Å². The summed E-state index contributed by atoms with van der Waals surface area (Å²) in [5.74, 6) is -0.405. The van der Waals surface area contributed by atoms with Gasteiger partial charge >= 0.3 is 0 Å². The van der Waals surface area contributed by atoms with Crippen LogP contribution in [0.5, 0.6) is 0 Å². The molecule has 0 aliphatic carbocycles. The summed E-state index contributed by atoms with van der Waals surface area (Å²) in [6, 6.07) is 10.5. The van der Waals surface area contributed by atoms with Gasteiger partial charge in [0.05, 0.1) is 0 Å². The van der Waals surface area contributed by atoms with E-state index in [1.165, 1.54) is 12.5 Å². The van der Waals surface area contributed by atoms with Gasteiger partial charge in [-0.25, -0.2) is 8.42 Å². The SMILES string of the molecule is C[C@@H](C(=O)NC[C@@H]1CCCCN1Cc1ccccc1)S(C)(=O)=O. The smallest absolute Gasteiger partial charge is 0.238 e. The minimum Gasteiger partial charge on any atom is -0.353 e. The largest absolute Gasteiger partial charge is 0.353 e. The molecule has 2 rings (SSSR count). The number of hydrogen-bond acceptors (Lipinski definition) is 4. The first kappa shape index (κ1) is 17.9. The standard InChI is InChI=1S/C17H26N2O3S/c1-14(23(2,21)22)17(20)18-12-16-10-6-7-11-19(16)13-15-8-4-3-5-9-15/h3-5,8-9,14,16H,6-7,10-13H2,1-2H3,(H,18,20)/t14-,16-/m0/s1. The number of hydrogen-bond donors (Lipinski definition) is 1. The molecular weight excluding hydrogens is 312 g/mol. The highest BCUT2D eigenvalue weighted by Crippen LogP contribution is 2.19. The van der Waals surface area contributed by atoms with Crippen LogP contribution in [0.15, 0.2) is 30.3 Å². The van der Waals surface area contributed by atoms with Gasteiger partial charge in [-0.05, 0) is 31.9 Å². The minimum absolute atomic E-state index is 0.264. The first-order chi connectivity index (χ1) is 10.9. The summed E-state index contributed by atoms with van der Waals surface area (Å²) in [5.41, 5.74) is 1.26. The molecule has 0 radical (unpaired) electrons. The molecule has 128 valence electrons. The van der Waals surface area contributed by atoms with Crippen LogP contribution < -0.4 is 5.32 Å². The van der Waals surface area contributed by atoms with Crippen LogP contribution in [0.3, 0.4) is 0 Å². The molecule has 23 heavy (non-hydrogen) atoms. The van der Waals surface area contributed by atoms with Gasteiger partial charge in [-0.1, -0.05) is 36.8 Å². The fraction of sp³-hybridized carbons (Fsp3) is 0.588. The van der Waals surface area contributed by atoms with E-state index >= 15 is 0 Å². The average molecular weight is 338 g/mol. The van der Waals surface area contributed by atoms with Crippen molar-refractivity contribution in [1.82, 2.24) is 10.2 Å². The third-order valence-corrected chi connectivity index (χ3v) is 6.00. The molecule has 5 nitrogen and oxygen atoms in total. The summed E-state index contributed by atoms with van der Waals surface area (Å²) >= 11 is 0. The lowest BCUT2D eigenvalue weighted by Gasteiger charge is -2.36. The number of nitrogens with one attached hydrogen (secondary N) is 1. The molecule has 0 unspecified atom stereocenters. The van der Waals surface area contributed by atoms with E-state index in [9.17, 15) is 13.2 Å². The second-order valence-electron chi connectivity index (χ2n) is 6.32. The van der Waals surface area contributed by atoms with Crippen molar-refractivity contribution in [2.75, 3.05) is 19.3 Å². The van der Waals surface area contributed by atoms with Crippen molar-refractivity contribution in [2.24, 2.45) is 0 Å². The van der Waals surface area contributed by atoms with E-state index in [0.717, 1.165) is 38.6 Å². The fourth-order valence-corrected chi connectivity index (χ4v) is 3.35. The molecule has 2 atom stereocenters. The van der Waals surface area contributed by atoms with Crippen LogP contribution in [0.4, 0.5) is 0 Å². The first-order valence-corrected chi connectivity index (χ1v) is 10.1. The van der Waals surface area contributed by atoms with Gasteiger partial charge in [-0.15, -0.1) is 0 Å². The lowest BCUT2D eigenvalue weighted by molar-refractivity contribution is -0.120. The van der Waals surface area contributed by atoms with Crippen LogP contribution >= 0.6 is 0 Å². The third kappa shape index (κ3) is 5.32. The molecule has 1 aliphatic rings. The molecule has 0 aromatic heterocycles. The number of amides is 1. The Bertz CT molecular complexity index is 616. The maximum Gasteiger partial charge on any atom is 0.238 e. The van der Waals surface area contributed by atoms with Crippen molar-refractivity contribution in [2.45, 2.75) is 44.0 Å². The molecule has 1 amide bonds. The Morgan fingerprint density at radius 2 is 2.00 bits per heavy atom. The monoisotopic (exact) mass is 338 g/mol. The number of likely N-dealkylation sites (tertiary alicyclic amines) is 1. The summed E-state index contributed by atoms with van der Waals surface area (Å²) in [6.07, 6.45) is 4.43. The molecule has 0 bridgehead atoms. The van der Waals surface area contributed by atoms with Gasteiger partial charge in [0.15, 0.2) is 9.84 Å². The number of piperidine rings is 1. The molecular formula is C17H26N2O3S. The molecule has 0 saturated carbocycles. The van der Waals surface area contributed by atoms with Crippen LogP contribution in [-0.4, -0.2) is 49.9 Å². The van der Waals surface area contributed by atoms with Gasteiger partial charge in [0.1, 0.15) is 5.25 Å². The molecule has 1 N–H and O–H groups in total. The predicted octanol–water partition coefficient (Wildman–Crippen LogP) is 1.59. The van der Waals surface area contributed by atoms with Crippen molar-refractivity contribution in [3.63, 3.8) is 0 Å². The van der Waals surface area contributed by atoms with Crippen molar-refractivity contribution in [3.8, 4) is 0 Å². The highest BCUT2D eigenvalue weighted by molar-refractivity contribution is 7.92. The second kappa shape index (κ2) is 7.93. The number of nitrogens with zero attached hydrogens (tertiary/aromatic N) is 1. The van der Waals surface area contributed by atoms with Gasteiger partial charge in [0, 0.05) is 25.4 Å². The van der Waals surface area contributed by atoms with E-state index in [1.54, 1.807) is 0 Å². The summed E-state index contributed by atoms with van der Waals surface area (Å²) < 4.78 is 22.9. The normalized spacial score (nSPS) is 20.9. The molecule has 1 aromatic rings. The van der Waals surface area contributed by atoms with Crippen molar-refractivity contribution in [3.05, 3.63) is 35.9 Å². The van der Waals surface area contributed by atoms with Crippen molar-refractivity contribution >= 4 is 15.7 Å². The van der Waals surface area contributed by atoms with Crippen LogP contribution in [0, 0.1) is 0 Å². The van der Waals surface area contributed by atoms with E-state index in [4.69, 9.17) is 0 Å². The topological polar surface area (TPSA) is 66.5 Å². The Hall–Kier alpha value is -1.40. The summed E-state index contributed by atoms with van der Waals surface area (Å²) in [7, 11) is -3.34. The Labute approximate surface area is 139 Å². The quantitative estimate of drug-likeness (QED) is 0.855. The molecule has 1 saturated heterocycles. The second-order valence-corrected chi connectivity index (χ2v) is 8.69. The Kier molecular flexibility index (Phi) is 6.18. The molecule has 1 heterocycles. The molecule has 1 fully saturated rings.